The van der Waals surface area contributed by atoms with Crippen molar-refractivity contribution in [1.82, 2.24) is 0 Å². The van der Waals surface area contributed by atoms with Crippen molar-refractivity contribution >= 4 is 15.9 Å². The second kappa shape index (κ2) is 5.63. The third kappa shape index (κ3) is 4.11. The van der Waals surface area contributed by atoms with Gasteiger partial charge in [-0.1, -0.05) is 21.1 Å². The molecule has 0 aliphatic rings. The Balaban J connectivity index is 2.62. The molecule has 0 N–H and O–H groups in total. The summed E-state index contributed by atoms with van der Waals surface area (Å²) in [4.78, 5) is 10.5. The Kier molecular flexibility index (Phi) is 4.69. The molecule has 1 rings (SSSR count). The zero-order chi connectivity index (χ0) is 13.1. The standard InChI is InChI=1S/C13H18BrNO2/c1-9-7-11(8-10(2)12(9)14)17-6-5-13(3,4)15-16/h7-8H,5-6H2,1-4H3. The van der Waals surface area contributed by atoms with Crippen molar-refractivity contribution in [3.63, 3.8) is 0 Å². The second-order valence-electron chi connectivity index (χ2n) is 4.87. The van der Waals surface area contributed by atoms with Crippen LogP contribution in [0.2, 0.25) is 0 Å². The number of hydrogen-bond acceptors (Lipinski definition) is 3. The Hall–Kier alpha value is -0.900. The Morgan fingerprint density at radius 2 is 1.82 bits per heavy atom. The number of ether oxygens (including phenoxy) is 1. The summed E-state index contributed by atoms with van der Waals surface area (Å²) in [5.74, 6) is 0.838. The highest BCUT2D eigenvalue weighted by molar-refractivity contribution is 9.10. The summed E-state index contributed by atoms with van der Waals surface area (Å²) in [6, 6.07) is 3.97. The average molecular weight is 300 g/mol. The maximum atomic E-state index is 10.5. The van der Waals surface area contributed by atoms with E-state index in [2.05, 4.69) is 21.1 Å². The van der Waals surface area contributed by atoms with Crippen molar-refractivity contribution in [3.8, 4) is 5.75 Å². The van der Waals surface area contributed by atoms with Gasteiger partial charge in [0.05, 0.1) is 6.61 Å². The van der Waals surface area contributed by atoms with E-state index in [0.29, 0.717) is 13.0 Å². The van der Waals surface area contributed by atoms with E-state index in [1.165, 1.54) is 0 Å². The lowest BCUT2D eigenvalue weighted by Crippen LogP contribution is -2.19. The zero-order valence-corrected chi connectivity index (χ0v) is 12.3. The van der Waals surface area contributed by atoms with E-state index in [1.807, 2.05) is 26.0 Å². The van der Waals surface area contributed by atoms with Crippen molar-refractivity contribution in [2.45, 2.75) is 39.7 Å². The smallest absolute Gasteiger partial charge is 0.119 e. The minimum absolute atomic E-state index is 0.499. The summed E-state index contributed by atoms with van der Waals surface area (Å²) in [6.07, 6.45) is 0.616. The number of rotatable bonds is 5. The number of halogens is 1. The minimum atomic E-state index is -0.556. The van der Waals surface area contributed by atoms with Gasteiger partial charge in [0.2, 0.25) is 0 Å². The van der Waals surface area contributed by atoms with Crippen LogP contribution in [-0.2, 0) is 0 Å². The summed E-state index contributed by atoms with van der Waals surface area (Å²) < 4.78 is 6.75. The fourth-order valence-corrected chi connectivity index (χ4v) is 1.68. The molecule has 1 aromatic rings. The summed E-state index contributed by atoms with van der Waals surface area (Å²) in [7, 11) is 0. The molecule has 0 saturated heterocycles. The molecule has 94 valence electrons. The maximum absolute atomic E-state index is 10.5. The molecule has 0 atom stereocenters. The van der Waals surface area contributed by atoms with Crippen LogP contribution in [0.4, 0.5) is 0 Å². The fraction of sp³-hybridized carbons (Fsp3) is 0.538. The molecular weight excluding hydrogens is 282 g/mol. The Morgan fingerprint density at radius 1 is 1.29 bits per heavy atom. The van der Waals surface area contributed by atoms with Crippen LogP contribution < -0.4 is 4.74 Å². The highest BCUT2D eigenvalue weighted by atomic mass is 79.9. The molecule has 17 heavy (non-hydrogen) atoms. The lowest BCUT2D eigenvalue weighted by atomic mass is 10.0. The Morgan fingerprint density at radius 3 is 2.29 bits per heavy atom. The fourth-order valence-electron chi connectivity index (χ4n) is 1.45. The van der Waals surface area contributed by atoms with E-state index in [-0.39, 0.29) is 0 Å². The van der Waals surface area contributed by atoms with Crippen LogP contribution in [0.25, 0.3) is 0 Å². The van der Waals surface area contributed by atoms with E-state index >= 15 is 0 Å². The van der Waals surface area contributed by atoms with E-state index in [9.17, 15) is 4.91 Å². The first-order valence-corrected chi connectivity index (χ1v) is 6.39. The van der Waals surface area contributed by atoms with E-state index in [4.69, 9.17) is 4.74 Å². The van der Waals surface area contributed by atoms with Gasteiger partial charge in [-0.05, 0) is 51.0 Å². The molecule has 0 amide bonds. The molecule has 0 aliphatic carbocycles. The number of benzene rings is 1. The molecule has 1 aromatic carbocycles. The van der Waals surface area contributed by atoms with Crippen LogP contribution in [0.5, 0.6) is 5.75 Å². The van der Waals surface area contributed by atoms with Gasteiger partial charge in [-0.25, -0.2) is 0 Å². The molecule has 0 aromatic heterocycles. The quantitative estimate of drug-likeness (QED) is 0.757. The number of nitrogens with zero attached hydrogens (tertiary/aromatic N) is 1. The van der Waals surface area contributed by atoms with E-state index in [1.54, 1.807) is 13.8 Å². The van der Waals surface area contributed by atoms with Gasteiger partial charge in [0.15, 0.2) is 0 Å². The minimum Gasteiger partial charge on any atom is -0.493 e. The monoisotopic (exact) mass is 299 g/mol. The number of aryl methyl sites for hydroxylation is 2. The highest BCUT2D eigenvalue weighted by Crippen LogP contribution is 2.26. The van der Waals surface area contributed by atoms with Crippen LogP contribution in [0.3, 0.4) is 0 Å². The zero-order valence-electron chi connectivity index (χ0n) is 10.7. The van der Waals surface area contributed by atoms with Gasteiger partial charge >= 0.3 is 0 Å². The highest BCUT2D eigenvalue weighted by Gasteiger charge is 2.18. The molecule has 0 heterocycles. The van der Waals surface area contributed by atoms with E-state index in [0.717, 1.165) is 21.3 Å². The summed E-state index contributed by atoms with van der Waals surface area (Å²) in [5.41, 5.74) is 1.74. The van der Waals surface area contributed by atoms with Crippen molar-refractivity contribution < 1.29 is 4.74 Å². The van der Waals surface area contributed by atoms with Crippen LogP contribution in [-0.4, -0.2) is 12.1 Å². The first-order chi connectivity index (χ1) is 7.85. The normalized spacial score (nSPS) is 11.4. The summed E-state index contributed by atoms with van der Waals surface area (Å²) in [6.45, 7) is 8.17. The predicted octanol–water partition coefficient (Wildman–Crippen LogP) is 4.38. The predicted molar refractivity (Wildman–Crippen MR) is 73.6 cm³/mol. The van der Waals surface area contributed by atoms with Crippen molar-refractivity contribution in [1.29, 1.82) is 0 Å². The Bertz CT molecular complexity index is 393. The van der Waals surface area contributed by atoms with Crippen LogP contribution in [0.1, 0.15) is 31.4 Å². The first-order valence-electron chi connectivity index (χ1n) is 5.60. The molecule has 0 radical (unpaired) electrons. The van der Waals surface area contributed by atoms with Gasteiger partial charge in [0.1, 0.15) is 11.3 Å². The second-order valence-corrected chi connectivity index (χ2v) is 5.67. The van der Waals surface area contributed by atoms with Gasteiger partial charge in [0, 0.05) is 10.9 Å². The summed E-state index contributed by atoms with van der Waals surface area (Å²) >= 11 is 3.51. The topological polar surface area (TPSA) is 38.7 Å². The maximum Gasteiger partial charge on any atom is 0.119 e. The first kappa shape index (κ1) is 14.2. The van der Waals surface area contributed by atoms with Crippen LogP contribution in [0.15, 0.2) is 21.8 Å². The largest absolute Gasteiger partial charge is 0.493 e. The molecule has 0 saturated carbocycles. The molecule has 0 fully saturated rings. The lowest BCUT2D eigenvalue weighted by molar-refractivity contribution is 0.274. The van der Waals surface area contributed by atoms with Gasteiger partial charge in [-0.2, -0.15) is 4.91 Å². The Labute approximate surface area is 111 Å². The molecular formula is C13H18BrNO2. The molecule has 0 aliphatic heterocycles. The molecule has 0 spiro atoms. The lowest BCUT2D eigenvalue weighted by Gasteiger charge is -2.16. The number of nitroso groups, excluding NO2 is 1. The van der Waals surface area contributed by atoms with Crippen LogP contribution >= 0.6 is 15.9 Å². The third-order valence-electron chi connectivity index (χ3n) is 2.64. The molecule has 0 unspecified atom stereocenters. The molecule has 3 nitrogen and oxygen atoms in total. The summed E-state index contributed by atoms with van der Waals surface area (Å²) in [5, 5.41) is 3.06. The van der Waals surface area contributed by atoms with Gasteiger partial charge in [-0.3, -0.25) is 0 Å². The SMILES string of the molecule is Cc1cc(OCCC(C)(C)N=O)cc(C)c1Br. The van der Waals surface area contributed by atoms with Crippen molar-refractivity contribution in [2.75, 3.05) is 6.61 Å². The van der Waals surface area contributed by atoms with Crippen molar-refractivity contribution in [2.24, 2.45) is 5.18 Å². The van der Waals surface area contributed by atoms with Gasteiger partial charge in [-0.15, -0.1) is 0 Å². The van der Waals surface area contributed by atoms with Crippen LogP contribution in [0, 0.1) is 18.8 Å². The van der Waals surface area contributed by atoms with Gasteiger partial charge < -0.3 is 4.74 Å². The van der Waals surface area contributed by atoms with E-state index < -0.39 is 5.54 Å². The third-order valence-corrected chi connectivity index (χ3v) is 3.89. The molecule has 0 bridgehead atoms. The average Bonchev–Trinajstić information content (AvgIpc) is 2.25. The number of hydrogen-bond donors (Lipinski definition) is 0. The molecule has 4 heteroatoms. The van der Waals surface area contributed by atoms with Crippen molar-refractivity contribution in [3.05, 3.63) is 32.6 Å². The van der Waals surface area contributed by atoms with Gasteiger partial charge in [0.25, 0.3) is 0 Å².